The van der Waals surface area contributed by atoms with Crippen LogP contribution in [0.5, 0.6) is 0 Å². The number of nitrogens with zero attached hydrogens (tertiary/aromatic N) is 1. The standard InChI is InChI=1S/C36H15B8NO/c37-27-25-26-28(38)30(40)32(42)34(44)36(26)45(35(25)33(43)31(41)29(27)39)20-12-9-17(10-13-20)16-5-7-18(8-6-16)19-11-14-24-22(15-19)21-3-1-2-4-23(21)46-24/h1-15H. The fourth-order valence-electron chi connectivity index (χ4n) is 6.53. The van der Waals surface area contributed by atoms with Crippen molar-refractivity contribution in [2.45, 2.75) is 0 Å². The third-order valence-corrected chi connectivity index (χ3v) is 9.01. The first-order valence-electron chi connectivity index (χ1n) is 14.6. The molecule has 0 unspecified atom stereocenters. The normalized spacial score (nSPS) is 11.7. The number of aromatic nitrogens is 1. The molecule has 194 valence electrons. The molecule has 16 radical (unpaired) electrons. The molecule has 0 N–H and O–H groups in total. The van der Waals surface area contributed by atoms with Crippen molar-refractivity contribution < 1.29 is 4.42 Å². The van der Waals surface area contributed by atoms with Gasteiger partial charge in [0.1, 0.15) is 73.9 Å². The summed E-state index contributed by atoms with van der Waals surface area (Å²) in [6.07, 6.45) is 0. The van der Waals surface area contributed by atoms with Gasteiger partial charge in [0, 0.05) is 27.5 Å². The molecule has 46 heavy (non-hydrogen) atoms. The number of fused-ring (bicyclic) bond motifs is 6. The van der Waals surface area contributed by atoms with Crippen LogP contribution in [0.15, 0.2) is 95.4 Å². The Labute approximate surface area is 277 Å². The Kier molecular flexibility index (Phi) is 6.59. The molecule has 0 spiro atoms. The molecule has 0 atom stereocenters. The summed E-state index contributed by atoms with van der Waals surface area (Å²) in [5.74, 6) is 0. The average molecular weight is 564 g/mol. The molecule has 0 aliphatic rings. The molecule has 0 fully saturated rings. The number of hydrogen-bond acceptors (Lipinski definition) is 1. The minimum Gasteiger partial charge on any atom is -0.456 e. The summed E-state index contributed by atoms with van der Waals surface area (Å²) < 4.78 is 7.86. The summed E-state index contributed by atoms with van der Waals surface area (Å²) in [5.41, 5.74) is 9.43. The zero-order valence-corrected chi connectivity index (χ0v) is 24.6. The van der Waals surface area contributed by atoms with E-state index in [1.165, 1.54) is 0 Å². The number of rotatable bonds is 3. The molecule has 0 amide bonds. The topological polar surface area (TPSA) is 18.1 Å². The maximum Gasteiger partial charge on any atom is 0.135 e. The highest BCUT2D eigenvalue weighted by Crippen LogP contribution is 2.34. The molecule has 8 rings (SSSR count). The van der Waals surface area contributed by atoms with Crippen molar-refractivity contribution >= 4 is 150 Å². The van der Waals surface area contributed by atoms with Crippen LogP contribution in [0.3, 0.4) is 0 Å². The lowest BCUT2D eigenvalue weighted by Crippen LogP contribution is -2.49. The number of furan rings is 1. The summed E-state index contributed by atoms with van der Waals surface area (Å²) in [6.45, 7) is 0. The Morgan fingerprint density at radius 2 is 0.826 bits per heavy atom. The number of hydrogen-bond donors (Lipinski definition) is 0. The first-order valence-corrected chi connectivity index (χ1v) is 14.6. The van der Waals surface area contributed by atoms with Crippen LogP contribution < -0.4 is 43.7 Å². The quantitative estimate of drug-likeness (QED) is 0.284. The highest BCUT2D eigenvalue weighted by Gasteiger charge is 2.22. The van der Waals surface area contributed by atoms with E-state index in [2.05, 4.69) is 42.5 Å². The van der Waals surface area contributed by atoms with Crippen molar-refractivity contribution in [2.24, 2.45) is 0 Å². The summed E-state index contributed by atoms with van der Waals surface area (Å²) in [5, 5.41) is 3.22. The van der Waals surface area contributed by atoms with Gasteiger partial charge in [0.05, 0.1) is 0 Å². The Bertz CT molecular complexity index is 2470. The van der Waals surface area contributed by atoms with Crippen LogP contribution in [0.1, 0.15) is 0 Å². The molecule has 0 saturated carbocycles. The second-order valence-corrected chi connectivity index (χ2v) is 11.5. The zero-order valence-electron chi connectivity index (χ0n) is 24.6. The van der Waals surface area contributed by atoms with Gasteiger partial charge in [-0.05, 0) is 63.4 Å². The first-order chi connectivity index (χ1) is 22.2. The highest BCUT2D eigenvalue weighted by atomic mass is 16.3. The molecule has 0 aliphatic heterocycles. The van der Waals surface area contributed by atoms with E-state index in [1.54, 1.807) is 0 Å². The summed E-state index contributed by atoms with van der Waals surface area (Å²) in [7, 11) is 51.2. The lowest BCUT2D eigenvalue weighted by atomic mass is 9.63. The van der Waals surface area contributed by atoms with Crippen LogP contribution in [0.2, 0.25) is 0 Å². The second kappa shape index (κ2) is 10.5. The first kappa shape index (κ1) is 28.9. The van der Waals surface area contributed by atoms with Gasteiger partial charge < -0.3 is 8.98 Å². The van der Waals surface area contributed by atoms with Gasteiger partial charge in [-0.1, -0.05) is 82.5 Å². The van der Waals surface area contributed by atoms with Gasteiger partial charge in [0.15, 0.2) is 0 Å². The van der Waals surface area contributed by atoms with Crippen molar-refractivity contribution in [3.63, 3.8) is 0 Å². The second-order valence-electron chi connectivity index (χ2n) is 11.5. The minimum absolute atomic E-state index is 0.161. The Balaban J connectivity index is 1.23. The van der Waals surface area contributed by atoms with Gasteiger partial charge in [0.2, 0.25) is 0 Å². The van der Waals surface area contributed by atoms with Crippen molar-refractivity contribution in [2.75, 3.05) is 0 Å². The van der Waals surface area contributed by atoms with Gasteiger partial charge in [-0.3, -0.25) is 0 Å². The number of benzene rings is 6. The fourth-order valence-corrected chi connectivity index (χ4v) is 6.53. The van der Waals surface area contributed by atoms with Crippen LogP contribution in [0, 0.1) is 0 Å². The van der Waals surface area contributed by atoms with E-state index in [0.717, 1.165) is 49.9 Å². The number of para-hydroxylation sites is 1. The molecule has 0 bridgehead atoms. The molecule has 8 aromatic rings. The zero-order chi connectivity index (χ0) is 32.0. The molecule has 2 heterocycles. The lowest BCUT2D eigenvalue weighted by molar-refractivity contribution is 0.669. The molecule has 6 aromatic carbocycles. The van der Waals surface area contributed by atoms with E-state index in [0.29, 0.717) is 21.8 Å². The molecular formula is C36H15B8NO. The van der Waals surface area contributed by atoms with Crippen LogP contribution in [-0.4, -0.2) is 67.3 Å². The van der Waals surface area contributed by atoms with Gasteiger partial charge >= 0.3 is 0 Å². The van der Waals surface area contributed by atoms with Crippen LogP contribution in [0.25, 0.3) is 71.7 Å². The van der Waals surface area contributed by atoms with E-state index in [9.17, 15) is 0 Å². The largest absolute Gasteiger partial charge is 0.456 e. The van der Waals surface area contributed by atoms with E-state index in [-0.39, 0.29) is 43.7 Å². The maximum absolute atomic E-state index is 6.57. The molecule has 2 nitrogen and oxygen atoms in total. The third-order valence-electron chi connectivity index (χ3n) is 9.01. The van der Waals surface area contributed by atoms with Gasteiger partial charge in [-0.15, -0.1) is 21.9 Å². The SMILES string of the molecule is [B]c1c([B])c([B])c2c(c1[B])c1c([B])c([B])c([B])c([B])c1n2-c1ccc(-c2ccc(-c3ccc4oc5ccccc5c4c3)cc2)cc1. The van der Waals surface area contributed by atoms with Crippen molar-refractivity contribution in [3.05, 3.63) is 91.0 Å². The van der Waals surface area contributed by atoms with E-state index >= 15 is 0 Å². The molecule has 0 aliphatic carbocycles. The summed E-state index contributed by atoms with van der Waals surface area (Å²) >= 11 is 0. The van der Waals surface area contributed by atoms with Crippen LogP contribution >= 0.6 is 0 Å². The monoisotopic (exact) mass is 565 g/mol. The third kappa shape index (κ3) is 4.08. The predicted octanol–water partition coefficient (Wildman–Crippen LogP) is 0.368. The van der Waals surface area contributed by atoms with Crippen molar-refractivity contribution in [1.82, 2.24) is 4.57 Å². The van der Waals surface area contributed by atoms with Crippen LogP contribution in [-0.2, 0) is 0 Å². The van der Waals surface area contributed by atoms with Gasteiger partial charge in [0.25, 0.3) is 0 Å². The fraction of sp³-hybridized carbons (Fsp3) is 0. The van der Waals surface area contributed by atoms with Crippen molar-refractivity contribution in [1.29, 1.82) is 0 Å². The molecule has 2 aromatic heterocycles. The summed E-state index contributed by atoms with van der Waals surface area (Å²) in [6, 6.07) is 30.8. The van der Waals surface area contributed by atoms with Gasteiger partial charge in [-0.2, -0.15) is 0 Å². The van der Waals surface area contributed by atoms with Crippen molar-refractivity contribution in [3.8, 4) is 27.9 Å². The minimum atomic E-state index is 0.161. The molecular weight excluding hydrogens is 549 g/mol. The Morgan fingerprint density at radius 1 is 0.391 bits per heavy atom. The van der Waals surface area contributed by atoms with E-state index in [4.69, 9.17) is 67.2 Å². The Morgan fingerprint density at radius 3 is 1.39 bits per heavy atom. The van der Waals surface area contributed by atoms with E-state index < -0.39 is 0 Å². The highest BCUT2D eigenvalue weighted by molar-refractivity contribution is 6.71. The lowest BCUT2D eigenvalue weighted by Gasteiger charge is -2.17. The smallest absolute Gasteiger partial charge is 0.135 e. The van der Waals surface area contributed by atoms with E-state index in [1.807, 2.05) is 53.1 Å². The molecule has 0 saturated heterocycles. The van der Waals surface area contributed by atoms with Gasteiger partial charge in [-0.25, -0.2) is 0 Å². The predicted molar refractivity (Wildman–Crippen MR) is 202 cm³/mol. The molecule has 10 heteroatoms. The Hall–Kier alpha value is -4.56. The maximum atomic E-state index is 6.57. The van der Waals surface area contributed by atoms with Crippen LogP contribution in [0.4, 0.5) is 0 Å². The average Bonchev–Trinajstić information content (AvgIpc) is 3.64. The summed E-state index contributed by atoms with van der Waals surface area (Å²) in [4.78, 5) is 0.